The molecule has 0 spiro atoms. The van der Waals surface area contributed by atoms with E-state index in [1.807, 2.05) is 36.4 Å². The molecule has 0 saturated carbocycles. The van der Waals surface area contributed by atoms with Crippen molar-refractivity contribution >= 4 is 39.1 Å². The molecule has 2 saturated heterocycles. The zero-order chi connectivity index (χ0) is 24.6. The number of hydrogen-bond donors (Lipinski definition) is 1. The summed E-state index contributed by atoms with van der Waals surface area (Å²) in [6.45, 7) is 4.71. The first kappa shape index (κ1) is 23.3. The van der Waals surface area contributed by atoms with Crippen LogP contribution >= 0.6 is 11.6 Å². The standard InChI is InChI=1S/C27H28ClFN6O/c1-34-12-4-7-18(34)16-36-27-32-25-20(26(33-27)35-13-10-30-11-14-35)15-31-24(23(25)29)19-8-2-5-17-6-3-9-21(28)22(17)19/h2-3,5-6,8-9,15,18,30H,4,7,10-14,16H2,1H3/t18-/m0/s1. The molecule has 2 fully saturated rings. The van der Waals surface area contributed by atoms with Crippen molar-refractivity contribution in [3.63, 3.8) is 0 Å². The van der Waals surface area contributed by atoms with Gasteiger partial charge >= 0.3 is 6.01 Å². The van der Waals surface area contributed by atoms with Gasteiger partial charge < -0.3 is 19.9 Å². The third kappa shape index (κ3) is 4.23. The van der Waals surface area contributed by atoms with E-state index in [1.165, 1.54) is 0 Å². The molecule has 2 aromatic carbocycles. The first-order valence-electron chi connectivity index (χ1n) is 12.4. The molecule has 1 N–H and O–H groups in total. The number of piperazine rings is 1. The van der Waals surface area contributed by atoms with Crippen molar-refractivity contribution in [3.05, 3.63) is 53.4 Å². The van der Waals surface area contributed by atoms with Crippen LogP contribution in [0.15, 0.2) is 42.6 Å². The van der Waals surface area contributed by atoms with Gasteiger partial charge in [0.15, 0.2) is 5.82 Å². The minimum atomic E-state index is -0.499. The summed E-state index contributed by atoms with van der Waals surface area (Å²) in [4.78, 5) is 18.3. The van der Waals surface area contributed by atoms with Gasteiger partial charge in [0.1, 0.15) is 23.6 Å². The van der Waals surface area contributed by atoms with Crippen molar-refractivity contribution < 1.29 is 9.13 Å². The molecule has 0 unspecified atom stereocenters. The Bertz CT molecular complexity index is 1420. The average molecular weight is 507 g/mol. The highest BCUT2D eigenvalue weighted by Gasteiger charge is 2.25. The molecule has 4 aromatic rings. The Balaban J connectivity index is 1.48. The Morgan fingerprint density at radius 3 is 2.69 bits per heavy atom. The fourth-order valence-corrected chi connectivity index (χ4v) is 5.53. The Labute approximate surface area is 214 Å². The zero-order valence-electron chi connectivity index (χ0n) is 20.2. The second kappa shape index (κ2) is 9.76. The molecule has 1 atom stereocenters. The monoisotopic (exact) mass is 506 g/mol. The summed E-state index contributed by atoms with van der Waals surface area (Å²) in [6, 6.07) is 11.8. The fourth-order valence-electron chi connectivity index (χ4n) is 5.24. The van der Waals surface area contributed by atoms with Gasteiger partial charge in [0.05, 0.1) is 5.39 Å². The van der Waals surface area contributed by atoms with E-state index in [4.69, 9.17) is 21.3 Å². The van der Waals surface area contributed by atoms with E-state index in [1.54, 1.807) is 6.20 Å². The van der Waals surface area contributed by atoms with Crippen LogP contribution in [0.25, 0.3) is 32.9 Å². The summed E-state index contributed by atoms with van der Waals surface area (Å²) in [7, 11) is 2.10. The van der Waals surface area contributed by atoms with Crippen molar-refractivity contribution in [2.24, 2.45) is 0 Å². The molecule has 4 heterocycles. The largest absolute Gasteiger partial charge is 0.462 e. The van der Waals surface area contributed by atoms with Gasteiger partial charge in [-0.2, -0.15) is 9.97 Å². The van der Waals surface area contributed by atoms with E-state index in [-0.39, 0.29) is 17.2 Å². The summed E-state index contributed by atoms with van der Waals surface area (Å²) in [5.41, 5.74) is 1.06. The molecule has 6 rings (SSSR count). The van der Waals surface area contributed by atoms with Gasteiger partial charge in [-0.15, -0.1) is 0 Å². The summed E-state index contributed by atoms with van der Waals surface area (Å²) < 4.78 is 22.3. The van der Waals surface area contributed by atoms with Crippen LogP contribution < -0.4 is 15.0 Å². The number of hydrogen-bond acceptors (Lipinski definition) is 7. The molecule has 186 valence electrons. The molecule has 0 bridgehead atoms. The maximum atomic E-state index is 16.3. The van der Waals surface area contributed by atoms with Crippen LogP contribution in [0.4, 0.5) is 10.2 Å². The smallest absolute Gasteiger partial charge is 0.319 e. The number of halogens is 2. The minimum absolute atomic E-state index is 0.198. The normalized spacial score (nSPS) is 18.9. The second-order valence-corrected chi connectivity index (χ2v) is 9.89. The van der Waals surface area contributed by atoms with Crippen molar-refractivity contribution in [2.45, 2.75) is 18.9 Å². The van der Waals surface area contributed by atoms with Crippen molar-refractivity contribution in [1.82, 2.24) is 25.2 Å². The summed E-state index contributed by atoms with van der Waals surface area (Å²) >= 11 is 6.54. The highest BCUT2D eigenvalue weighted by molar-refractivity contribution is 6.36. The number of benzene rings is 2. The third-order valence-corrected chi connectivity index (χ3v) is 7.56. The number of nitrogens with one attached hydrogen (secondary N) is 1. The van der Waals surface area contributed by atoms with E-state index in [0.717, 1.165) is 56.3 Å². The summed E-state index contributed by atoms with van der Waals surface area (Å²) in [5, 5.41) is 6.18. The van der Waals surface area contributed by atoms with Crippen LogP contribution in [0.1, 0.15) is 12.8 Å². The first-order chi connectivity index (χ1) is 17.6. The highest BCUT2D eigenvalue weighted by atomic mass is 35.5. The number of ether oxygens (including phenoxy) is 1. The molecule has 9 heteroatoms. The Morgan fingerprint density at radius 2 is 1.92 bits per heavy atom. The average Bonchev–Trinajstić information content (AvgIpc) is 3.32. The van der Waals surface area contributed by atoms with E-state index in [9.17, 15) is 0 Å². The molecule has 2 aromatic heterocycles. The number of likely N-dealkylation sites (N-methyl/N-ethyl adjacent to an activating group) is 1. The van der Waals surface area contributed by atoms with Crippen molar-refractivity contribution in [1.29, 1.82) is 0 Å². The van der Waals surface area contributed by atoms with E-state index >= 15 is 4.39 Å². The maximum Gasteiger partial charge on any atom is 0.319 e. The quantitative estimate of drug-likeness (QED) is 0.427. The Hall–Kier alpha value is -3.07. The number of nitrogens with zero attached hydrogens (tertiary/aromatic N) is 5. The lowest BCUT2D eigenvalue weighted by atomic mass is 10.0. The van der Waals surface area contributed by atoms with Gasteiger partial charge in [-0.05, 0) is 37.9 Å². The Kier molecular flexibility index (Phi) is 6.33. The lowest BCUT2D eigenvalue weighted by Crippen LogP contribution is -2.44. The zero-order valence-corrected chi connectivity index (χ0v) is 20.9. The first-order valence-corrected chi connectivity index (χ1v) is 12.8. The van der Waals surface area contributed by atoms with E-state index < -0.39 is 5.82 Å². The van der Waals surface area contributed by atoms with E-state index in [0.29, 0.717) is 34.4 Å². The molecule has 0 aliphatic carbocycles. The van der Waals surface area contributed by atoms with Gasteiger partial charge in [-0.25, -0.2) is 4.39 Å². The molecule has 0 amide bonds. The molecule has 2 aliphatic heterocycles. The molecular weight excluding hydrogens is 479 g/mol. The highest BCUT2D eigenvalue weighted by Crippen LogP contribution is 2.37. The number of fused-ring (bicyclic) bond motifs is 2. The molecule has 2 aliphatic rings. The van der Waals surface area contributed by atoms with Gasteiger partial charge in [0.25, 0.3) is 0 Å². The van der Waals surface area contributed by atoms with Crippen molar-refractivity contribution in [3.8, 4) is 17.3 Å². The van der Waals surface area contributed by atoms with Gasteiger partial charge in [-0.3, -0.25) is 4.98 Å². The van der Waals surface area contributed by atoms with Crippen molar-refractivity contribution in [2.75, 3.05) is 51.3 Å². The van der Waals surface area contributed by atoms with Gasteiger partial charge in [-0.1, -0.05) is 41.9 Å². The number of anilines is 1. The van der Waals surface area contributed by atoms with E-state index in [2.05, 4.69) is 32.1 Å². The number of rotatable bonds is 5. The SMILES string of the molecule is CN1CCC[C@H]1COc1nc(N2CCNCC2)c2cnc(-c3cccc4cccc(Cl)c34)c(F)c2n1. The van der Waals surface area contributed by atoms with Crippen LogP contribution in [0.2, 0.25) is 5.02 Å². The molecular formula is C27H28ClFN6O. The van der Waals surface area contributed by atoms with Crippen LogP contribution in [0, 0.1) is 5.82 Å². The summed E-state index contributed by atoms with van der Waals surface area (Å²) in [5.74, 6) is 0.159. The number of likely N-dealkylation sites (tertiary alicyclic amines) is 1. The van der Waals surface area contributed by atoms with Gasteiger partial charge in [0.2, 0.25) is 0 Å². The predicted molar refractivity (Wildman–Crippen MR) is 141 cm³/mol. The van der Waals surface area contributed by atoms with Crippen LogP contribution in [0.3, 0.4) is 0 Å². The fraction of sp³-hybridized carbons (Fsp3) is 0.370. The van der Waals surface area contributed by atoms with Crippen LogP contribution in [0.5, 0.6) is 6.01 Å². The summed E-state index contributed by atoms with van der Waals surface area (Å²) in [6.07, 6.45) is 3.89. The van der Waals surface area contributed by atoms with Crippen LogP contribution in [-0.2, 0) is 0 Å². The number of pyridine rings is 1. The topological polar surface area (TPSA) is 66.4 Å². The van der Waals surface area contributed by atoms with Gasteiger partial charge in [0, 0.05) is 54.4 Å². The minimum Gasteiger partial charge on any atom is -0.462 e. The lowest BCUT2D eigenvalue weighted by Gasteiger charge is -2.29. The molecule has 36 heavy (non-hydrogen) atoms. The van der Waals surface area contributed by atoms with Crippen LogP contribution in [-0.4, -0.2) is 72.3 Å². The lowest BCUT2D eigenvalue weighted by molar-refractivity contribution is 0.188. The number of aromatic nitrogens is 3. The molecule has 7 nitrogen and oxygen atoms in total. The molecule has 0 radical (unpaired) electrons. The predicted octanol–water partition coefficient (Wildman–Crippen LogP) is 4.52. The maximum absolute atomic E-state index is 16.3. The Morgan fingerprint density at radius 1 is 1.11 bits per heavy atom. The second-order valence-electron chi connectivity index (χ2n) is 9.48. The third-order valence-electron chi connectivity index (χ3n) is 7.25.